The van der Waals surface area contributed by atoms with E-state index in [1.165, 1.54) is 4.90 Å². The fourth-order valence-electron chi connectivity index (χ4n) is 1.75. The quantitative estimate of drug-likeness (QED) is 0.781. The van der Waals surface area contributed by atoms with Gasteiger partial charge in [0.25, 0.3) is 0 Å². The molecular weight excluding hydrogens is 342 g/mol. The maximum atomic E-state index is 6.20. The Kier molecular flexibility index (Phi) is 5.76. The Morgan fingerprint density at radius 2 is 1.89 bits per heavy atom. The molecule has 0 spiro atoms. The van der Waals surface area contributed by atoms with Crippen LogP contribution in [0.3, 0.4) is 0 Å². The first-order valence-electron chi connectivity index (χ1n) is 6.02. The standard InChI is InChI=1S/C15H15BrClNS/c16-12-7-6-11(15(17)9-12)8-13(18)10-19-14-4-2-1-3-5-14/h1-7,9,13H,8,10,18H2. The van der Waals surface area contributed by atoms with Crippen LogP contribution in [0.4, 0.5) is 0 Å². The van der Waals surface area contributed by atoms with Gasteiger partial charge in [-0.15, -0.1) is 11.8 Å². The van der Waals surface area contributed by atoms with Gasteiger partial charge in [0.05, 0.1) is 0 Å². The van der Waals surface area contributed by atoms with Crippen molar-refractivity contribution in [3.63, 3.8) is 0 Å². The van der Waals surface area contributed by atoms with Crippen molar-refractivity contribution in [2.75, 3.05) is 5.75 Å². The summed E-state index contributed by atoms with van der Waals surface area (Å²) in [5.74, 6) is 0.885. The molecule has 1 nitrogen and oxygen atoms in total. The molecule has 0 aliphatic carbocycles. The van der Waals surface area contributed by atoms with Crippen LogP contribution < -0.4 is 5.73 Å². The number of thioether (sulfide) groups is 1. The van der Waals surface area contributed by atoms with Crippen LogP contribution in [0.25, 0.3) is 0 Å². The van der Waals surface area contributed by atoms with E-state index in [9.17, 15) is 0 Å². The van der Waals surface area contributed by atoms with Crippen LogP contribution in [0.1, 0.15) is 5.56 Å². The average molecular weight is 357 g/mol. The molecule has 100 valence electrons. The third-order valence-corrected chi connectivity index (χ3v) is 4.75. The van der Waals surface area contributed by atoms with E-state index in [1.807, 2.05) is 36.4 Å². The molecule has 1 atom stereocenters. The monoisotopic (exact) mass is 355 g/mol. The van der Waals surface area contributed by atoms with Gasteiger partial charge in [-0.3, -0.25) is 0 Å². The summed E-state index contributed by atoms with van der Waals surface area (Å²) in [7, 11) is 0. The fourth-order valence-corrected chi connectivity index (χ4v) is 3.37. The van der Waals surface area contributed by atoms with Crippen molar-refractivity contribution in [3.05, 3.63) is 63.6 Å². The van der Waals surface area contributed by atoms with Gasteiger partial charge in [-0.25, -0.2) is 0 Å². The van der Waals surface area contributed by atoms with E-state index in [4.69, 9.17) is 17.3 Å². The molecule has 0 aliphatic heterocycles. The number of hydrogen-bond acceptors (Lipinski definition) is 2. The van der Waals surface area contributed by atoms with Crippen molar-refractivity contribution in [1.29, 1.82) is 0 Å². The topological polar surface area (TPSA) is 26.0 Å². The molecule has 1 unspecified atom stereocenters. The van der Waals surface area contributed by atoms with E-state index in [1.54, 1.807) is 11.8 Å². The Balaban J connectivity index is 1.89. The Hall–Kier alpha value is -0.480. The summed E-state index contributed by atoms with van der Waals surface area (Å²) in [6.07, 6.45) is 0.798. The van der Waals surface area contributed by atoms with Crippen LogP contribution in [0, 0.1) is 0 Å². The van der Waals surface area contributed by atoms with Crippen LogP contribution in [0.15, 0.2) is 57.9 Å². The lowest BCUT2D eigenvalue weighted by Crippen LogP contribution is -2.25. The minimum Gasteiger partial charge on any atom is -0.327 e. The van der Waals surface area contributed by atoms with Crippen LogP contribution in [-0.4, -0.2) is 11.8 Å². The maximum absolute atomic E-state index is 6.20. The van der Waals surface area contributed by atoms with E-state index in [0.29, 0.717) is 0 Å². The highest BCUT2D eigenvalue weighted by atomic mass is 79.9. The van der Waals surface area contributed by atoms with Crippen molar-refractivity contribution in [2.45, 2.75) is 17.4 Å². The smallest absolute Gasteiger partial charge is 0.0449 e. The van der Waals surface area contributed by atoms with Gasteiger partial charge in [-0.1, -0.05) is 51.8 Å². The summed E-state index contributed by atoms with van der Waals surface area (Å²) in [4.78, 5) is 1.25. The molecule has 0 aromatic heterocycles. The summed E-state index contributed by atoms with van der Waals surface area (Å²) in [6, 6.07) is 16.3. The second-order valence-corrected chi connectivity index (χ2v) is 6.74. The van der Waals surface area contributed by atoms with Crippen molar-refractivity contribution in [3.8, 4) is 0 Å². The van der Waals surface area contributed by atoms with Crippen LogP contribution in [0.2, 0.25) is 5.02 Å². The van der Waals surface area contributed by atoms with Gasteiger partial charge in [0.15, 0.2) is 0 Å². The van der Waals surface area contributed by atoms with Crippen molar-refractivity contribution >= 4 is 39.3 Å². The van der Waals surface area contributed by atoms with Crippen molar-refractivity contribution in [1.82, 2.24) is 0 Å². The fraction of sp³-hybridized carbons (Fsp3) is 0.200. The van der Waals surface area contributed by atoms with Crippen LogP contribution in [-0.2, 0) is 6.42 Å². The van der Waals surface area contributed by atoms with E-state index in [0.717, 1.165) is 27.2 Å². The third-order valence-electron chi connectivity index (χ3n) is 2.70. The van der Waals surface area contributed by atoms with Gasteiger partial charge < -0.3 is 5.73 Å². The number of hydrogen-bond donors (Lipinski definition) is 1. The maximum Gasteiger partial charge on any atom is 0.0449 e. The average Bonchev–Trinajstić information content (AvgIpc) is 2.41. The van der Waals surface area contributed by atoms with Gasteiger partial charge in [-0.2, -0.15) is 0 Å². The molecule has 0 amide bonds. The first kappa shape index (κ1) is 14.9. The molecule has 4 heteroatoms. The summed E-state index contributed by atoms with van der Waals surface area (Å²) in [5.41, 5.74) is 7.27. The zero-order valence-electron chi connectivity index (χ0n) is 10.4. The largest absolute Gasteiger partial charge is 0.327 e. The van der Waals surface area contributed by atoms with Crippen LogP contribution in [0.5, 0.6) is 0 Å². The van der Waals surface area contributed by atoms with E-state index in [-0.39, 0.29) is 6.04 Å². The molecule has 2 aromatic carbocycles. The van der Waals surface area contributed by atoms with Crippen molar-refractivity contribution in [2.24, 2.45) is 5.73 Å². The summed E-state index contributed by atoms with van der Waals surface area (Å²) >= 11 is 11.4. The SMILES string of the molecule is NC(CSc1ccccc1)Cc1ccc(Br)cc1Cl. The Morgan fingerprint density at radius 3 is 2.58 bits per heavy atom. The van der Waals surface area contributed by atoms with Gasteiger partial charge >= 0.3 is 0 Å². The highest BCUT2D eigenvalue weighted by molar-refractivity contribution is 9.10. The molecule has 2 aromatic rings. The van der Waals surface area contributed by atoms with Crippen molar-refractivity contribution < 1.29 is 0 Å². The molecule has 0 saturated heterocycles. The predicted octanol–water partition coefficient (Wildman–Crippen LogP) is 4.76. The number of nitrogens with two attached hydrogens (primary N) is 1. The molecule has 0 bridgehead atoms. The highest BCUT2D eigenvalue weighted by Crippen LogP contribution is 2.24. The second-order valence-electron chi connectivity index (χ2n) is 4.32. The third kappa shape index (κ3) is 4.84. The lowest BCUT2D eigenvalue weighted by Gasteiger charge is -2.12. The zero-order chi connectivity index (χ0) is 13.7. The molecule has 0 fully saturated rings. The Labute approximate surface area is 131 Å². The van der Waals surface area contributed by atoms with Gasteiger partial charge in [-0.05, 0) is 36.2 Å². The van der Waals surface area contributed by atoms with Crippen LogP contribution >= 0.6 is 39.3 Å². The second kappa shape index (κ2) is 7.34. The first-order chi connectivity index (χ1) is 9.15. The lowest BCUT2D eigenvalue weighted by molar-refractivity contribution is 0.749. The Bertz CT molecular complexity index is 533. The highest BCUT2D eigenvalue weighted by Gasteiger charge is 2.08. The number of halogens is 2. The zero-order valence-corrected chi connectivity index (χ0v) is 13.5. The Morgan fingerprint density at radius 1 is 1.16 bits per heavy atom. The number of benzene rings is 2. The van der Waals surface area contributed by atoms with E-state index >= 15 is 0 Å². The molecule has 2 rings (SSSR count). The van der Waals surface area contributed by atoms with Gasteiger partial charge in [0.2, 0.25) is 0 Å². The molecule has 0 radical (unpaired) electrons. The molecule has 0 aliphatic rings. The van der Waals surface area contributed by atoms with Gasteiger partial charge in [0.1, 0.15) is 0 Å². The first-order valence-corrected chi connectivity index (χ1v) is 8.18. The summed E-state index contributed by atoms with van der Waals surface area (Å²) in [6.45, 7) is 0. The molecule has 0 heterocycles. The lowest BCUT2D eigenvalue weighted by atomic mass is 10.1. The summed E-state index contributed by atoms with van der Waals surface area (Å²) in [5, 5.41) is 0.773. The minimum absolute atomic E-state index is 0.101. The molecular formula is C15H15BrClNS. The minimum atomic E-state index is 0.101. The number of rotatable bonds is 5. The van der Waals surface area contributed by atoms with Gasteiger partial charge in [0, 0.05) is 26.2 Å². The van der Waals surface area contributed by atoms with E-state index < -0.39 is 0 Å². The van der Waals surface area contributed by atoms with E-state index in [2.05, 4.69) is 28.1 Å². The molecule has 0 saturated carbocycles. The molecule has 19 heavy (non-hydrogen) atoms. The molecule has 2 N–H and O–H groups in total. The normalized spacial score (nSPS) is 12.4. The summed E-state index contributed by atoms with van der Waals surface area (Å²) < 4.78 is 0.994. The predicted molar refractivity (Wildman–Crippen MR) is 88.0 cm³/mol.